The summed E-state index contributed by atoms with van der Waals surface area (Å²) in [6.45, 7) is 0.730. The topological polar surface area (TPSA) is 27.7 Å². The highest BCUT2D eigenvalue weighted by Gasteiger charge is 2.85. The predicted molar refractivity (Wildman–Crippen MR) is 135 cm³/mol. The summed E-state index contributed by atoms with van der Waals surface area (Å²) in [5.74, 6) is 0. The molecule has 278 valence electrons. The molecule has 0 unspecified atom stereocenters. The fourth-order valence-electron chi connectivity index (χ4n) is 5.03. The van der Waals surface area contributed by atoms with Crippen LogP contribution in [0.15, 0.2) is 83.8 Å². The number of alkyl halides is 18. The summed E-state index contributed by atoms with van der Waals surface area (Å²) < 4.78 is 279. The first-order valence-corrected chi connectivity index (χ1v) is 14.4. The molecule has 1 aliphatic rings. The number of halogens is 18. The summed E-state index contributed by atoms with van der Waals surface area (Å²) in [5.41, 5.74) is -26.6. The van der Waals surface area contributed by atoms with Crippen molar-refractivity contribution < 1.29 is 91.6 Å². The summed E-state index contributed by atoms with van der Waals surface area (Å²) in [6.07, 6.45) is -42.7. The average Bonchev–Trinajstić information content (AvgIpc) is 3.23. The van der Waals surface area contributed by atoms with Crippen molar-refractivity contribution in [2.45, 2.75) is 65.7 Å². The first-order valence-electron chi connectivity index (χ1n) is 13.0. The lowest BCUT2D eigenvalue weighted by Crippen LogP contribution is -2.60. The minimum atomic E-state index is -7.38. The molecule has 1 aliphatic heterocycles. The molecule has 0 radical (unpaired) electrons. The smallest absolute Gasteiger partial charge is 0.257 e. The monoisotopic (exact) mass is 774 g/mol. The highest BCUT2D eigenvalue weighted by molar-refractivity contribution is 8.22. The molecule has 22 heteroatoms. The average molecular weight is 774 g/mol. The Morgan fingerprint density at radius 3 is 1.14 bits per heavy atom. The summed E-state index contributed by atoms with van der Waals surface area (Å²) in [7, 11) is -7.38. The van der Waals surface area contributed by atoms with Crippen LogP contribution < -0.4 is 0 Å². The SMILES string of the molecule is Cc1ccc2c(c1)C(C(F)(F)F)(C(F)(F)F)OS2(OC(c1ccccc1)(C(F)(F)F)C(F)(F)F)OC(c1ccccc1)(C(F)(F)F)C(F)(F)F. The summed E-state index contributed by atoms with van der Waals surface area (Å²) in [6, 6.07) is 2.71. The third-order valence-electron chi connectivity index (χ3n) is 7.24. The zero-order valence-corrected chi connectivity index (χ0v) is 24.8. The second kappa shape index (κ2) is 11.8. The van der Waals surface area contributed by atoms with E-state index in [1.165, 1.54) is 0 Å². The molecule has 3 nitrogen and oxygen atoms in total. The van der Waals surface area contributed by atoms with E-state index in [-0.39, 0.29) is 36.4 Å². The Hall–Kier alpha value is -3.37. The largest absolute Gasteiger partial charge is 0.432 e. The van der Waals surface area contributed by atoms with E-state index in [2.05, 4.69) is 12.5 Å². The molecule has 0 bridgehead atoms. The number of hydrogen-bond acceptors (Lipinski definition) is 3. The van der Waals surface area contributed by atoms with Gasteiger partial charge in [0.05, 0.1) is 4.90 Å². The van der Waals surface area contributed by atoms with Gasteiger partial charge in [0.2, 0.25) is 0 Å². The second-order valence-corrected chi connectivity index (χ2v) is 12.3. The van der Waals surface area contributed by atoms with Crippen LogP contribution in [-0.2, 0) is 29.4 Å². The molecule has 50 heavy (non-hydrogen) atoms. The molecule has 0 fully saturated rings. The molecule has 1 heterocycles. The zero-order valence-electron chi connectivity index (χ0n) is 23.9. The van der Waals surface area contributed by atoms with Crippen LogP contribution in [0.5, 0.6) is 0 Å². The maximum Gasteiger partial charge on any atom is 0.432 e. The summed E-state index contributed by atoms with van der Waals surface area (Å²) >= 11 is 0. The Morgan fingerprint density at radius 1 is 0.500 bits per heavy atom. The molecule has 0 aromatic heterocycles. The minimum absolute atomic E-state index is 0.0993. The third kappa shape index (κ3) is 5.74. The van der Waals surface area contributed by atoms with Gasteiger partial charge in [0.15, 0.2) is 0 Å². The Labute approximate surface area is 269 Å². The van der Waals surface area contributed by atoms with Crippen LogP contribution in [0.3, 0.4) is 0 Å². The molecule has 3 aromatic carbocycles. The first-order chi connectivity index (χ1) is 22.5. The highest BCUT2D eigenvalue weighted by atomic mass is 32.3. The Balaban J connectivity index is 2.33. The van der Waals surface area contributed by atoms with E-state index in [4.69, 9.17) is 0 Å². The third-order valence-corrected chi connectivity index (χ3v) is 9.55. The van der Waals surface area contributed by atoms with Crippen molar-refractivity contribution in [1.29, 1.82) is 0 Å². The van der Waals surface area contributed by atoms with E-state index in [9.17, 15) is 79.0 Å². The molecule has 4 rings (SSSR count). The van der Waals surface area contributed by atoms with Crippen molar-refractivity contribution in [3.8, 4) is 0 Å². The van der Waals surface area contributed by atoms with Gasteiger partial charge >= 0.3 is 42.7 Å². The molecular weight excluding hydrogens is 758 g/mol. The zero-order chi connectivity index (χ0) is 38.2. The normalized spacial score (nSPS) is 18.1. The van der Waals surface area contributed by atoms with E-state index in [0.29, 0.717) is 30.3 Å². The van der Waals surface area contributed by atoms with Gasteiger partial charge in [0.1, 0.15) is 10.9 Å². The standard InChI is InChI=1S/C28H16F18O3S/c1-15-12-13-19-18(14-15)22(27(41,42)43,28(44,45)46)49-50(19,47-20(23(29,30)31,24(32,33)34)16-8-4-2-5-9-16)48-21(25(35,36)37,26(38,39)40)17-10-6-3-7-11-17/h2-14H,1H3. The van der Waals surface area contributed by atoms with Gasteiger partial charge in [0, 0.05) is 16.7 Å². The van der Waals surface area contributed by atoms with Crippen molar-refractivity contribution >= 4 is 10.9 Å². The lowest BCUT2D eigenvalue weighted by Gasteiger charge is -2.50. The van der Waals surface area contributed by atoms with Crippen LogP contribution in [0.1, 0.15) is 22.3 Å². The summed E-state index contributed by atoms with van der Waals surface area (Å²) in [5, 5.41) is 0. The van der Waals surface area contributed by atoms with Gasteiger partial charge in [-0.3, -0.25) is 12.5 Å². The molecule has 0 amide bonds. The van der Waals surface area contributed by atoms with Crippen LogP contribution >= 0.6 is 10.9 Å². The maximum absolute atomic E-state index is 14.9. The van der Waals surface area contributed by atoms with Crippen molar-refractivity contribution in [3.63, 3.8) is 0 Å². The van der Waals surface area contributed by atoms with E-state index >= 15 is 0 Å². The number of aryl methyl sites for hydroxylation is 1. The van der Waals surface area contributed by atoms with Crippen molar-refractivity contribution in [3.05, 3.63) is 101 Å². The van der Waals surface area contributed by atoms with Crippen molar-refractivity contribution in [2.75, 3.05) is 0 Å². The second-order valence-electron chi connectivity index (χ2n) is 10.5. The molecule has 0 saturated carbocycles. The molecule has 0 spiro atoms. The van der Waals surface area contributed by atoms with Gasteiger partial charge in [-0.1, -0.05) is 78.4 Å². The fraction of sp³-hybridized carbons (Fsp3) is 0.357. The Kier molecular flexibility index (Phi) is 9.33. The lowest BCUT2D eigenvalue weighted by molar-refractivity contribution is -0.389. The lowest BCUT2D eigenvalue weighted by atomic mass is 9.91. The maximum atomic E-state index is 14.9. The molecule has 0 N–H and O–H groups in total. The number of benzene rings is 3. The van der Waals surface area contributed by atoms with Crippen LogP contribution in [0.2, 0.25) is 0 Å². The van der Waals surface area contributed by atoms with E-state index < -0.39 is 91.9 Å². The van der Waals surface area contributed by atoms with Crippen LogP contribution in [0.25, 0.3) is 0 Å². The molecule has 0 saturated heterocycles. The minimum Gasteiger partial charge on any atom is -0.257 e. The van der Waals surface area contributed by atoms with Crippen LogP contribution in [0.4, 0.5) is 79.0 Å². The van der Waals surface area contributed by atoms with Crippen molar-refractivity contribution in [2.24, 2.45) is 0 Å². The Morgan fingerprint density at radius 2 is 0.840 bits per heavy atom. The van der Waals surface area contributed by atoms with Gasteiger partial charge in [-0.25, -0.2) is 0 Å². The summed E-state index contributed by atoms with van der Waals surface area (Å²) in [4.78, 5) is -2.42. The highest BCUT2D eigenvalue weighted by Crippen LogP contribution is 2.81. The molecule has 0 aliphatic carbocycles. The number of hydrogen-bond donors (Lipinski definition) is 0. The fourth-order valence-corrected chi connectivity index (χ4v) is 7.94. The number of fused-ring (bicyclic) bond motifs is 1. The molecular formula is C28H16F18O3S. The molecule has 0 atom stereocenters. The molecule has 3 aromatic rings. The van der Waals surface area contributed by atoms with E-state index in [0.717, 1.165) is 19.1 Å². The van der Waals surface area contributed by atoms with Gasteiger partial charge < -0.3 is 0 Å². The van der Waals surface area contributed by atoms with E-state index in [1.54, 1.807) is 0 Å². The Bertz CT molecular complexity index is 1550. The van der Waals surface area contributed by atoms with Gasteiger partial charge in [-0.2, -0.15) is 79.0 Å². The predicted octanol–water partition coefficient (Wildman–Crippen LogP) is 11.3. The van der Waals surface area contributed by atoms with Crippen LogP contribution in [0, 0.1) is 6.92 Å². The van der Waals surface area contributed by atoms with E-state index in [1.807, 2.05) is 0 Å². The quantitative estimate of drug-likeness (QED) is 0.234. The van der Waals surface area contributed by atoms with Gasteiger partial charge in [-0.15, -0.1) is 0 Å². The van der Waals surface area contributed by atoms with Crippen molar-refractivity contribution in [1.82, 2.24) is 0 Å². The van der Waals surface area contributed by atoms with Gasteiger partial charge in [-0.05, 0) is 13.0 Å². The number of rotatable bonds is 6. The van der Waals surface area contributed by atoms with Crippen LogP contribution in [-0.4, -0.2) is 37.1 Å². The van der Waals surface area contributed by atoms with Gasteiger partial charge in [0.25, 0.3) is 11.2 Å². The first kappa shape index (κ1) is 39.4.